The molecule has 2 fully saturated rings. The Labute approximate surface area is 78.2 Å². The SMILES string of the molecule is COCC(=O)N1CC[C@@H]2CNC[C@@H]21. The molecule has 2 aliphatic rings. The van der Waals surface area contributed by atoms with Crippen molar-refractivity contribution in [2.75, 3.05) is 33.4 Å². The molecule has 2 rings (SSSR count). The lowest BCUT2D eigenvalue weighted by atomic mass is 10.1. The van der Waals surface area contributed by atoms with Crippen LogP contribution in [-0.4, -0.2) is 50.2 Å². The number of carbonyl (C=O) groups excluding carboxylic acids is 1. The fourth-order valence-corrected chi connectivity index (χ4v) is 2.37. The largest absolute Gasteiger partial charge is 0.375 e. The van der Waals surface area contributed by atoms with Gasteiger partial charge in [0.15, 0.2) is 0 Å². The zero-order chi connectivity index (χ0) is 9.26. The zero-order valence-corrected chi connectivity index (χ0v) is 7.95. The zero-order valence-electron chi connectivity index (χ0n) is 7.95. The van der Waals surface area contributed by atoms with Gasteiger partial charge in [-0.2, -0.15) is 0 Å². The summed E-state index contributed by atoms with van der Waals surface area (Å²) >= 11 is 0. The van der Waals surface area contributed by atoms with Crippen LogP contribution >= 0.6 is 0 Å². The second-order valence-corrected chi connectivity index (χ2v) is 3.79. The van der Waals surface area contributed by atoms with Gasteiger partial charge in [-0.1, -0.05) is 0 Å². The van der Waals surface area contributed by atoms with Crippen molar-refractivity contribution in [3.05, 3.63) is 0 Å². The van der Waals surface area contributed by atoms with E-state index in [2.05, 4.69) is 5.32 Å². The summed E-state index contributed by atoms with van der Waals surface area (Å²) in [4.78, 5) is 13.5. The molecule has 4 nitrogen and oxygen atoms in total. The van der Waals surface area contributed by atoms with E-state index in [1.165, 1.54) is 0 Å². The third-order valence-electron chi connectivity index (χ3n) is 3.03. The van der Waals surface area contributed by atoms with Gasteiger partial charge in [0.1, 0.15) is 6.61 Å². The number of methoxy groups -OCH3 is 1. The van der Waals surface area contributed by atoms with Crippen LogP contribution in [0.1, 0.15) is 6.42 Å². The first-order valence-electron chi connectivity index (χ1n) is 4.82. The van der Waals surface area contributed by atoms with Gasteiger partial charge in [0.05, 0.1) is 0 Å². The molecule has 2 saturated heterocycles. The number of rotatable bonds is 2. The highest BCUT2D eigenvalue weighted by atomic mass is 16.5. The van der Waals surface area contributed by atoms with Gasteiger partial charge in [-0.3, -0.25) is 4.79 Å². The molecule has 0 aromatic rings. The molecule has 0 saturated carbocycles. The lowest BCUT2D eigenvalue weighted by Crippen LogP contribution is -2.40. The van der Waals surface area contributed by atoms with Crippen molar-refractivity contribution in [2.24, 2.45) is 5.92 Å². The number of likely N-dealkylation sites (tertiary alicyclic amines) is 1. The number of ether oxygens (including phenoxy) is 1. The Morgan fingerprint density at radius 1 is 1.62 bits per heavy atom. The van der Waals surface area contributed by atoms with Crippen LogP contribution in [0.25, 0.3) is 0 Å². The van der Waals surface area contributed by atoms with E-state index in [9.17, 15) is 4.79 Å². The van der Waals surface area contributed by atoms with Crippen molar-refractivity contribution in [3.63, 3.8) is 0 Å². The van der Waals surface area contributed by atoms with Crippen LogP contribution in [0.2, 0.25) is 0 Å². The molecule has 2 heterocycles. The summed E-state index contributed by atoms with van der Waals surface area (Å²) in [7, 11) is 1.57. The van der Waals surface area contributed by atoms with Gasteiger partial charge in [0, 0.05) is 32.8 Å². The maximum Gasteiger partial charge on any atom is 0.248 e. The van der Waals surface area contributed by atoms with E-state index in [1.54, 1.807) is 7.11 Å². The number of hydrogen-bond donors (Lipinski definition) is 1. The summed E-state index contributed by atoms with van der Waals surface area (Å²) in [5.41, 5.74) is 0. The summed E-state index contributed by atoms with van der Waals surface area (Å²) in [6.45, 7) is 3.17. The summed E-state index contributed by atoms with van der Waals surface area (Å²) in [6, 6.07) is 0.433. The van der Waals surface area contributed by atoms with E-state index in [0.717, 1.165) is 26.1 Å². The van der Waals surface area contributed by atoms with Gasteiger partial charge >= 0.3 is 0 Å². The van der Waals surface area contributed by atoms with E-state index in [1.807, 2.05) is 4.90 Å². The summed E-state index contributed by atoms with van der Waals surface area (Å²) < 4.78 is 4.85. The molecule has 0 aliphatic carbocycles. The number of fused-ring (bicyclic) bond motifs is 1. The van der Waals surface area contributed by atoms with E-state index in [-0.39, 0.29) is 12.5 Å². The molecule has 1 N–H and O–H groups in total. The molecule has 0 unspecified atom stereocenters. The van der Waals surface area contributed by atoms with Crippen LogP contribution in [0.5, 0.6) is 0 Å². The van der Waals surface area contributed by atoms with Gasteiger partial charge in [-0.25, -0.2) is 0 Å². The van der Waals surface area contributed by atoms with Gasteiger partial charge in [-0.05, 0) is 12.3 Å². The lowest BCUT2D eigenvalue weighted by Gasteiger charge is -2.22. The van der Waals surface area contributed by atoms with Crippen LogP contribution in [0, 0.1) is 5.92 Å². The third-order valence-corrected chi connectivity index (χ3v) is 3.03. The van der Waals surface area contributed by atoms with Crippen molar-refractivity contribution in [1.82, 2.24) is 10.2 Å². The normalized spacial score (nSPS) is 32.2. The Bertz CT molecular complexity index is 208. The number of nitrogens with zero attached hydrogens (tertiary/aromatic N) is 1. The summed E-state index contributed by atoms with van der Waals surface area (Å²) in [5, 5.41) is 3.32. The first-order valence-corrected chi connectivity index (χ1v) is 4.82. The molecule has 0 aromatic heterocycles. The topological polar surface area (TPSA) is 41.6 Å². The monoisotopic (exact) mass is 184 g/mol. The first-order chi connectivity index (χ1) is 6.33. The van der Waals surface area contributed by atoms with Crippen LogP contribution in [0.3, 0.4) is 0 Å². The predicted molar refractivity (Wildman–Crippen MR) is 48.4 cm³/mol. The highest BCUT2D eigenvalue weighted by molar-refractivity contribution is 5.78. The van der Waals surface area contributed by atoms with Crippen molar-refractivity contribution in [3.8, 4) is 0 Å². The smallest absolute Gasteiger partial charge is 0.248 e. The van der Waals surface area contributed by atoms with Crippen molar-refractivity contribution >= 4 is 5.91 Å². The molecule has 2 aliphatic heterocycles. The number of carbonyl (C=O) groups is 1. The second kappa shape index (κ2) is 3.64. The molecule has 0 aromatic carbocycles. The molecule has 0 spiro atoms. The highest BCUT2D eigenvalue weighted by Gasteiger charge is 2.39. The fraction of sp³-hybridized carbons (Fsp3) is 0.889. The van der Waals surface area contributed by atoms with Gasteiger partial charge in [0.25, 0.3) is 0 Å². The Kier molecular flexibility index (Phi) is 2.51. The molecular weight excluding hydrogens is 168 g/mol. The highest BCUT2D eigenvalue weighted by Crippen LogP contribution is 2.26. The van der Waals surface area contributed by atoms with Gasteiger partial charge in [0.2, 0.25) is 5.91 Å². The van der Waals surface area contributed by atoms with E-state index in [4.69, 9.17) is 4.74 Å². The molecule has 74 valence electrons. The minimum atomic E-state index is 0.138. The molecule has 0 bridgehead atoms. The van der Waals surface area contributed by atoms with Crippen LogP contribution in [0.4, 0.5) is 0 Å². The third kappa shape index (κ3) is 1.56. The lowest BCUT2D eigenvalue weighted by molar-refractivity contribution is -0.135. The van der Waals surface area contributed by atoms with Crippen molar-refractivity contribution in [1.29, 1.82) is 0 Å². The first kappa shape index (κ1) is 8.97. The van der Waals surface area contributed by atoms with E-state index in [0.29, 0.717) is 12.0 Å². The molecule has 1 amide bonds. The fourth-order valence-electron chi connectivity index (χ4n) is 2.37. The van der Waals surface area contributed by atoms with E-state index < -0.39 is 0 Å². The van der Waals surface area contributed by atoms with Gasteiger partial charge < -0.3 is 15.0 Å². The van der Waals surface area contributed by atoms with Gasteiger partial charge in [-0.15, -0.1) is 0 Å². The van der Waals surface area contributed by atoms with Crippen LogP contribution < -0.4 is 5.32 Å². The molecule has 4 heteroatoms. The quantitative estimate of drug-likeness (QED) is 0.626. The Morgan fingerprint density at radius 2 is 2.46 bits per heavy atom. The molecule has 2 atom stereocenters. The molecule has 0 radical (unpaired) electrons. The molecule has 13 heavy (non-hydrogen) atoms. The average Bonchev–Trinajstić information content (AvgIpc) is 2.62. The standard InChI is InChI=1S/C9H16N2O2/c1-13-6-9(12)11-3-2-7-4-10-5-8(7)11/h7-8,10H,2-6H2,1H3/t7-,8+/m1/s1. The molecular formula is C9H16N2O2. The second-order valence-electron chi connectivity index (χ2n) is 3.79. The van der Waals surface area contributed by atoms with E-state index >= 15 is 0 Å². The summed E-state index contributed by atoms with van der Waals surface area (Å²) in [5.74, 6) is 0.819. The number of hydrogen-bond acceptors (Lipinski definition) is 3. The average molecular weight is 184 g/mol. The van der Waals surface area contributed by atoms with Crippen molar-refractivity contribution in [2.45, 2.75) is 12.5 Å². The Balaban J connectivity index is 1.96. The van der Waals surface area contributed by atoms with Crippen LogP contribution in [-0.2, 0) is 9.53 Å². The van der Waals surface area contributed by atoms with Crippen LogP contribution in [0.15, 0.2) is 0 Å². The minimum absolute atomic E-state index is 0.138. The maximum absolute atomic E-state index is 11.6. The number of nitrogens with one attached hydrogen (secondary N) is 1. The maximum atomic E-state index is 11.6. The Hall–Kier alpha value is -0.610. The Morgan fingerprint density at radius 3 is 3.23 bits per heavy atom. The summed E-state index contributed by atoms with van der Waals surface area (Å²) in [6.07, 6.45) is 1.15. The van der Waals surface area contributed by atoms with Crippen molar-refractivity contribution < 1.29 is 9.53 Å². The number of amides is 1. The minimum Gasteiger partial charge on any atom is -0.375 e. The predicted octanol–water partition coefficient (Wildman–Crippen LogP) is -0.547.